The van der Waals surface area contributed by atoms with E-state index in [0.29, 0.717) is 18.3 Å². The number of carbonyl (C=O) groups is 1. The number of hydrogen-bond donors (Lipinski definition) is 2. The van der Waals surface area contributed by atoms with E-state index in [1.165, 1.54) is 4.68 Å². The lowest BCUT2D eigenvalue weighted by Gasteiger charge is -2.15. The first-order valence-electron chi connectivity index (χ1n) is 4.72. The normalized spacial score (nSPS) is 12.8. The summed E-state index contributed by atoms with van der Waals surface area (Å²) in [4.78, 5) is 10.9. The Hall–Kier alpha value is -1.66. The van der Waals surface area contributed by atoms with E-state index in [2.05, 4.69) is 20.8 Å². The van der Waals surface area contributed by atoms with Gasteiger partial charge >= 0.3 is 5.97 Å². The molecule has 1 aromatic heterocycles. The molecule has 0 bridgehead atoms. The minimum absolute atomic E-state index is 0.291. The molecule has 1 atom stereocenters. The first-order valence-corrected chi connectivity index (χ1v) is 4.72. The fourth-order valence-electron chi connectivity index (χ4n) is 1.20. The quantitative estimate of drug-likeness (QED) is 0.721. The zero-order chi connectivity index (χ0) is 11.4. The molecular weight excluding hydrogens is 198 g/mol. The third-order valence-corrected chi connectivity index (χ3v) is 1.93. The summed E-state index contributed by atoms with van der Waals surface area (Å²) in [7, 11) is 1.65. The van der Waals surface area contributed by atoms with Gasteiger partial charge in [-0.1, -0.05) is 18.9 Å². The summed E-state index contributed by atoms with van der Waals surface area (Å²) in [5.74, 6) is -0.241. The van der Waals surface area contributed by atoms with Gasteiger partial charge in [-0.05, 0) is 22.8 Å². The number of nitrogens with zero attached hydrogens (tertiary/aromatic N) is 4. The van der Waals surface area contributed by atoms with Crippen molar-refractivity contribution in [3.63, 3.8) is 0 Å². The maximum Gasteiger partial charge on any atom is 0.326 e. The molecule has 0 aliphatic heterocycles. The number of anilines is 1. The number of carboxylic acid groups (broad SMARTS) is 1. The monoisotopic (exact) mass is 213 g/mol. The van der Waals surface area contributed by atoms with E-state index in [1.54, 1.807) is 7.05 Å². The molecule has 1 aromatic rings. The Morgan fingerprint density at radius 3 is 2.67 bits per heavy atom. The van der Waals surface area contributed by atoms with Crippen LogP contribution in [0.1, 0.15) is 20.3 Å². The van der Waals surface area contributed by atoms with Crippen LogP contribution in [-0.2, 0) is 11.8 Å². The molecule has 0 aliphatic rings. The second-order valence-electron chi connectivity index (χ2n) is 3.79. The standard InChI is InChI=1S/C8H15N5O2/c1-5(2)4-6(7(14)15)9-8-10-11-12-13(8)3/h5-6H,4H2,1-3H3,(H,14,15)(H,9,10,12). The maximum atomic E-state index is 10.9. The van der Waals surface area contributed by atoms with E-state index in [4.69, 9.17) is 5.11 Å². The Morgan fingerprint density at radius 2 is 2.27 bits per heavy atom. The summed E-state index contributed by atoms with van der Waals surface area (Å²) < 4.78 is 1.40. The Bertz CT molecular complexity index is 336. The molecule has 0 aromatic carbocycles. The molecule has 7 heteroatoms. The molecule has 0 spiro atoms. The van der Waals surface area contributed by atoms with Crippen molar-refractivity contribution in [3.8, 4) is 0 Å². The minimum atomic E-state index is -0.897. The van der Waals surface area contributed by atoms with E-state index >= 15 is 0 Å². The van der Waals surface area contributed by atoms with Crippen molar-refractivity contribution >= 4 is 11.9 Å². The molecule has 84 valence electrons. The topological polar surface area (TPSA) is 92.9 Å². The molecule has 7 nitrogen and oxygen atoms in total. The van der Waals surface area contributed by atoms with Crippen LogP contribution in [0.15, 0.2) is 0 Å². The third-order valence-electron chi connectivity index (χ3n) is 1.93. The predicted molar refractivity (Wildman–Crippen MR) is 53.3 cm³/mol. The fraction of sp³-hybridized carbons (Fsp3) is 0.750. The highest BCUT2D eigenvalue weighted by Gasteiger charge is 2.20. The second-order valence-corrected chi connectivity index (χ2v) is 3.79. The number of rotatable bonds is 5. The van der Waals surface area contributed by atoms with E-state index < -0.39 is 12.0 Å². The van der Waals surface area contributed by atoms with Crippen molar-refractivity contribution in [2.24, 2.45) is 13.0 Å². The lowest BCUT2D eigenvalue weighted by Crippen LogP contribution is -2.31. The number of carboxylic acids is 1. The van der Waals surface area contributed by atoms with E-state index in [9.17, 15) is 4.79 Å². The molecule has 15 heavy (non-hydrogen) atoms. The molecule has 0 aliphatic carbocycles. The summed E-state index contributed by atoms with van der Waals surface area (Å²) >= 11 is 0. The number of aliphatic carboxylic acids is 1. The maximum absolute atomic E-state index is 10.9. The van der Waals surface area contributed by atoms with Gasteiger partial charge in [-0.2, -0.15) is 0 Å². The number of hydrogen-bond acceptors (Lipinski definition) is 5. The van der Waals surface area contributed by atoms with E-state index in [0.717, 1.165) is 0 Å². The highest BCUT2D eigenvalue weighted by atomic mass is 16.4. The summed E-state index contributed by atoms with van der Waals surface area (Å²) in [5, 5.41) is 22.5. The molecule has 1 heterocycles. The minimum Gasteiger partial charge on any atom is -0.480 e. The smallest absolute Gasteiger partial charge is 0.326 e. The zero-order valence-corrected chi connectivity index (χ0v) is 9.01. The average molecular weight is 213 g/mol. The molecule has 1 unspecified atom stereocenters. The highest BCUT2D eigenvalue weighted by molar-refractivity contribution is 5.76. The number of nitrogens with one attached hydrogen (secondary N) is 1. The van der Waals surface area contributed by atoms with Crippen LogP contribution >= 0.6 is 0 Å². The fourth-order valence-corrected chi connectivity index (χ4v) is 1.20. The Kier molecular flexibility index (Phi) is 3.59. The van der Waals surface area contributed by atoms with Gasteiger partial charge in [0.05, 0.1) is 0 Å². The second kappa shape index (κ2) is 4.72. The Morgan fingerprint density at radius 1 is 1.60 bits per heavy atom. The number of tetrazole rings is 1. The highest BCUT2D eigenvalue weighted by Crippen LogP contribution is 2.09. The van der Waals surface area contributed by atoms with E-state index in [-0.39, 0.29) is 0 Å². The number of aryl methyl sites for hydroxylation is 1. The van der Waals surface area contributed by atoms with Crippen LogP contribution in [0, 0.1) is 5.92 Å². The largest absolute Gasteiger partial charge is 0.480 e. The van der Waals surface area contributed by atoms with Crippen molar-refractivity contribution in [2.75, 3.05) is 5.32 Å². The van der Waals surface area contributed by atoms with Crippen LogP contribution in [0.4, 0.5) is 5.95 Å². The van der Waals surface area contributed by atoms with Gasteiger partial charge in [-0.25, -0.2) is 9.48 Å². The van der Waals surface area contributed by atoms with Gasteiger partial charge in [-0.3, -0.25) is 0 Å². The lowest BCUT2D eigenvalue weighted by molar-refractivity contribution is -0.138. The molecule has 0 saturated carbocycles. The van der Waals surface area contributed by atoms with Crippen LogP contribution in [0.3, 0.4) is 0 Å². The average Bonchev–Trinajstić information content (AvgIpc) is 2.50. The zero-order valence-electron chi connectivity index (χ0n) is 9.01. The van der Waals surface area contributed by atoms with Crippen LogP contribution in [0.25, 0.3) is 0 Å². The molecule has 0 fully saturated rings. The molecule has 0 saturated heterocycles. The first kappa shape index (κ1) is 11.4. The van der Waals surface area contributed by atoms with Crippen LogP contribution < -0.4 is 5.32 Å². The van der Waals surface area contributed by atoms with Gasteiger partial charge in [0, 0.05) is 7.05 Å². The van der Waals surface area contributed by atoms with Crippen molar-refractivity contribution < 1.29 is 9.90 Å². The van der Waals surface area contributed by atoms with Crippen LogP contribution in [0.5, 0.6) is 0 Å². The lowest BCUT2D eigenvalue weighted by atomic mass is 10.0. The van der Waals surface area contributed by atoms with E-state index in [1.807, 2.05) is 13.8 Å². The molecule has 0 amide bonds. The first-order chi connectivity index (χ1) is 7.00. The molecule has 1 rings (SSSR count). The van der Waals surface area contributed by atoms with Crippen molar-refractivity contribution in [3.05, 3.63) is 0 Å². The SMILES string of the molecule is CC(C)CC(Nc1nnnn1C)C(=O)O. The summed E-state index contributed by atoms with van der Waals surface area (Å²) in [6.45, 7) is 3.93. The van der Waals surface area contributed by atoms with Crippen molar-refractivity contribution in [1.82, 2.24) is 20.2 Å². The van der Waals surface area contributed by atoms with Gasteiger partial charge in [0.25, 0.3) is 0 Å². The predicted octanol–water partition coefficient (Wildman–Crippen LogP) is 0.121. The van der Waals surface area contributed by atoms with Gasteiger partial charge in [-0.15, -0.1) is 0 Å². The Balaban J connectivity index is 2.67. The van der Waals surface area contributed by atoms with Gasteiger partial charge in [0.2, 0.25) is 5.95 Å². The van der Waals surface area contributed by atoms with Crippen molar-refractivity contribution in [1.29, 1.82) is 0 Å². The third kappa shape index (κ3) is 3.19. The number of aromatic nitrogens is 4. The summed E-state index contributed by atoms with van der Waals surface area (Å²) in [6, 6.07) is -0.658. The van der Waals surface area contributed by atoms with Crippen molar-refractivity contribution in [2.45, 2.75) is 26.3 Å². The summed E-state index contributed by atoms with van der Waals surface area (Å²) in [5.41, 5.74) is 0. The van der Waals surface area contributed by atoms with Gasteiger partial charge in [0.1, 0.15) is 6.04 Å². The molecular formula is C8H15N5O2. The van der Waals surface area contributed by atoms with Gasteiger partial charge < -0.3 is 10.4 Å². The molecule has 2 N–H and O–H groups in total. The molecule has 0 radical (unpaired) electrons. The van der Waals surface area contributed by atoms with Crippen LogP contribution in [0.2, 0.25) is 0 Å². The van der Waals surface area contributed by atoms with Crippen LogP contribution in [-0.4, -0.2) is 37.3 Å². The van der Waals surface area contributed by atoms with Gasteiger partial charge in [0.15, 0.2) is 0 Å². The summed E-state index contributed by atoms with van der Waals surface area (Å²) in [6.07, 6.45) is 0.530. The Labute approximate surface area is 87.5 Å².